The maximum Gasteiger partial charge on any atom is 0.241 e. The molecular formula is C15H22N4O2. The van der Waals surface area contributed by atoms with Crippen LogP contribution in [0.15, 0.2) is 28.9 Å². The highest BCUT2D eigenvalue weighted by atomic mass is 16.3. The lowest BCUT2D eigenvalue weighted by Gasteiger charge is -2.22. The number of nitrogens with zero attached hydrogens (tertiary/aromatic N) is 3. The number of hydrogen-bond donors (Lipinski definition) is 1. The van der Waals surface area contributed by atoms with Gasteiger partial charge in [-0.3, -0.25) is 14.4 Å². The summed E-state index contributed by atoms with van der Waals surface area (Å²) in [4.78, 5) is 14.1. The van der Waals surface area contributed by atoms with E-state index in [0.29, 0.717) is 6.54 Å². The minimum atomic E-state index is -0.0559. The van der Waals surface area contributed by atoms with E-state index in [2.05, 4.69) is 10.4 Å². The van der Waals surface area contributed by atoms with Crippen molar-refractivity contribution >= 4 is 5.91 Å². The first-order valence-corrected chi connectivity index (χ1v) is 6.95. The molecule has 1 N–H and O–H groups in total. The molecule has 2 aromatic rings. The first kappa shape index (κ1) is 15.3. The summed E-state index contributed by atoms with van der Waals surface area (Å²) >= 11 is 0. The van der Waals surface area contributed by atoms with E-state index in [-0.39, 0.29) is 18.5 Å². The molecule has 1 amide bonds. The van der Waals surface area contributed by atoms with Crippen LogP contribution in [-0.4, -0.2) is 41.2 Å². The third kappa shape index (κ3) is 3.95. The number of rotatable bonds is 6. The number of carbonyl (C=O) groups is 1. The van der Waals surface area contributed by atoms with Crippen molar-refractivity contribution in [2.45, 2.75) is 26.4 Å². The van der Waals surface area contributed by atoms with Crippen molar-refractivity contribution in [2.24, 2.45) is 0 Å². The summed E-state index contributed by atoms with van der Waals surface area (Å²) in [5, 5.41) is 7.23. The number of amides is 1. The van der Waals surface area contributed by atoms with Gasteiger partial charge in [0.15, 0.2) is 0 Å². The Morgan fingerprint density at radius 2 is 2.24 bits per heavy atom. The van der Waals surface area contributed by atoms with Gasteiger partial charge in [-0.05, 0) is 46.1 Å². The van der Waals surface area contributed by atoms with Gasteiger partial charge in [0.25, 0.3) is 0 Å². The van der Waals surface area contributed by atoms with Gasteiger partial charge in [-0.15, -0.1) is 0 Å². The molecule has 1 unspecified atom stereocenters. The highest BCUT2D eigenvalue weighted by Crippen LogP contribution is 2.17. The predicted molar refractivity (Wildman–Crippen MR) is 79.8 cm³/mol. The molecule has 2 aromatic heterocycles. The fourth-order valence-electron chi connectivity index (χ4n) is 2.26. The molecule has 2 heterocycles. The molecule has 0 saturated heterocycles. The standard InChI is InChI=1S/C15H22N4O2/c1-11-8-12(2)19(17-11)10-15(20)16-9-13(18(3)4)14-6-5-7-21-14/h5-8,13H,9-10H2,1-4H3,(H,16,20). The van der Waals surface area contributed by atoms with Crippen molar-refractivity contribution in [3.63, 3.8) is 0 Å². The lowest BCUT2D eigenvalue weighted by atomic mass is 10.2. The predicted octanol–water partition coefficient (Wildman–Crippen LogP) is 1.51. The van der Waals surface area contributed by atoms with Crippen molar-refractivity contribution in [2.75, 3.05) is 20.6 Å². The SMILES string of the molecule is Cc1cc(C)n(CC(=O)NCC(c2ccco2)N(C)C)n1. The number of aromatic nitrogens is 2. The Morgan fingerprint density at radius 1 is 1.48 bits per heavy atom. The molecule has 114 valence electrons. The number of aryl methyl sites for hydroxylation is 2. The lowest BCUT2D eigenvalue weighted by molar-refractivity contribution is -0.122. The lowest BCUT2D eigenvalue weighted by Crippen LogP contribution is -2.36. The summed E-state index contributed by atoms with van der Waals surface area (Å²) in [6.45, 7) is 4.59. The van der Waals surface area contributed by atoms with Crippen LogP contribution in [0.5, 0.6) is 0 Å². The highest BCUT2D eigenvalue weighted by molar-refractivity contribution is 5.75. The van der Waals surface area contributed by atoms with Crippen LogP contribution in [0.3, 0.4) is 0 Å². The molecule has 1 atom stereocenters. The fourth-order valence-corrected chi connectivity index (χ4v) is 2.26. The second-order valence-corrected chi connectivity index (χ2v) is 5.38. The minimum absolute atomic E-state index is 0.0180. The summed E-state index contributed by atoms with van der Waals surface area (Å²) in [7, 11) is 3.92. The van der Waals surface area contributed by atoms with Crippen molar-refractivity contribution in [3.05, 3.63) is 41.6 Å². The van der Waals surface area contributed by atoms with E-state index in [9.17, 15) is 4.79 Å². The molecule has 0 aliphatic heterocycles. The molecule has 0 fully saturated rings. The molecule has 6 heteroatoms. The zero-order valence-corrected chi connectivity index (χ0v) is 13.0. The van der Waals surface area contributed by atoms with E-state index in [4.69, 9.17) is 4.42 Å². The summed E-state index contributed by atoms with van der Waals surface area (Å²) in [6, 6.07) is 5.74. The van der Waals surface area contributed by atoms with E-state index < -0.39 is 0 Å². The van der Waals surface area contributed by atoms with Crippen LogP contribution in [0, 0.1) is 13.8 Å². The maximum atomic E-state index is 12.0. The zero-order valence-electron chi connectivity index (χ0n) is 13.0. The Bertz CT molecular complexity index is 587. The Morgan fingerprint density at radius 3 is 2.76 bits per heavy atom. The molecule has 0 bridgehead atoms. The van der Waals surface area contributed by atoms with Crippen LogP contribution >= 0.6 is 0 Å². The normalized spacial score (nSPS) is 12.6. The van der Waals surface area contributed by atoms with Gasteiger partial charge in [0.05, 0.1) is 18.0 Å². The van der Waals surface area contributed by atoms with Gasteiger partial charge < -0.3 is 9.73 Å². The highest BCUT2D eigenvalue weighted by Gasteiger charge is 2.18. The van der Waals surface area contributed by atoms with E-state index >= 15 is 0 Å². The average Bonchev–Trinajstić information content (AvgIpc) is 3.00. The van der Waals surface area contributed by atoms with Gasteiger partial charge in [-0.25, -0.2) is 0 Å². The minimum Gasteiger partial charge on any atom is -0.468 e. The van der Waals surface area contributed by atoms with Crippen molar-refractivity contribution in [3.8, 4) is 0 Å². The summed E-state index contributed by atoms with van der Waals surface area (Å²) in [5.74, 6) is 0.783. The number of carbonyl (C=O) groups excluding carboxylic acids is 1. The average molecular weight is 290 g/mol. The van der Waals surface area contributed by atoms with Gasteiger partial charge in [-0.1, -0.05) is 0 Å². The molecule has 0 aromatic carbocycles. The Labute approximate surface area is 124 Å². The second kappa shape index (κ2) is 6.58. The van der Waals surface area contributed by atoms with Crippen LogP contribution in [-0.2, 0) is 11.3 Å². The topological polar surface area (TPSA) is 63.3 Å². The molecule has 0 saturated carbocycles. The quantitative estimate of drug-likeness (QED) is 0.876. The summed E-state index contributed by atoms with van der Waals surface area (Å²) in [6.07, 6.45) is 1.64. The van der Waals surface area contributed by atoms with Crippen molar-refractivity contribution in [1.82, 2.24) is 20.0 Å². The third-order valence-electron chi connectivity index (χ3n) is 3.38. The van der Waals surface area contributed by atoms with E-state index in [1.807, 2.05) is 51.0 Å². The van der Waals surface area contributed by atoms with Crippen LogP contribution in [0.25, 0.3) is 0 Å². The molecule has 0 aliphatic carbocycles. The zero-order chi connectivity index (χ0) is 15.4. The molecule has 0 radical (unpaired) electrons. The summed E-state index contributed by atoms with van der Waals surface area (Å²) < 4.78 is 7.13. The summed E-state index contributed by atoms with van der Waals surface area (Å²) in [5.41, 5.74) is 1.90. The Hall–Kier alpha value is -2.08. The maximum absolute atomic E-state index is 12.0. The molecule has 2 rings (SSSR count). The molecule has 6 nitrogen and oxygen atoms in total. The van der Waals surface area contributed by atoms with Crippen LogP contribution in [0.2, 0.25) is 0 Å². The monoisotopic (exact) mass is 290 g/mol. The van der Waals surface area contributed by atoms with Gasteiger partial charge >= 0.3 is 0 Å². The largest absolute Gasteiger partial charge is 0.468 e. The third-order valence-corrected chi connectivity index (χ3v) is 3.38. The number of nitrogens with one attached hydrogen (secondary N) is 1. The van der Waals surface area contributed by atoms with Gasteiger partial charge in [0.2, 0.25) is 5.91 Å². The van der Waals surface area contributed by atoms with Gasteiger partial charge in [-0.2, -0.15) is 5.10 Å². The van der Waals surface area contributed by atoms with Gasteiger partial charge in [0.1, 0.15) is 12.3 Å². The first-order chi connectivity index (χ1) is 9.97. The molecule has 0 aliphatic rings. The fraction of sp³-hybridized carbons (Fsp3) is 0.467. The number of likely N-dealkylation sites (N-methyl/N-ethyl adjacent to an activating group) is 1. The van der Waals surface area contributed by atoms with E-state index in [1.165, 1.54) is 0 Å². The van der Waals surface area contributed by atoms with Crippen LogP contribution in [0.4, 0.5) is 0 Å². The molecular weight excluding hydrogens is 268 g/mol. The van der Waals surface area contributed by atoms with E-state index in [0.717, 1.165) is 17.1 Å². The van der Waals surface area contributed by atoms with Gasteiger partial charge in [0, 0.05) is 12.2 Å². The van der Waals surface area contributed by atoms with E-state index in [1.54, 1.807) is 10.9 Å². The number of hydrogen-bond acceptors (Lipinski definition) is 4. The van der Waals surface area contributed by atoms with Crippen molar-refractivity contribution in [1.29, 1.82) is 0 Å². The molecule has 21 heavy (non-hydrogen) atoms. The second-order valence-electron chi connectivity index (χ2n) is 5.38. The first-order valence-electron chi connectivity index (χ1n) is 6.95. The smallest absolute Gasteiger partial charge is 0.241 e. The van der Waals surface area contributed by atoms with Crippen LogP contribution < -0.4 is 5.32 Å². The molecule has 0 spiro atoms. The Balaban J connectivity index is 1.92. The number of furan rings is 1. The van der Waals surface area contributed by atoms with Crippen molar-refractivity contribution < 1.29 is 9.21 Å². The Kier molecular flexibility index (Phi) is 4.80. The van der Waals surface area contributed by atoms with Crippen LogP contribution in [0.1, 0.15) is 23.2 Å².